The topological polar surface area (TPSA) is 54.2 Å². The number of pyridine rings is 1. The van der Waals surface area contributed by atoms with Crippen molar-refractivity contribution in [2.45, 2.75) is 26.8 Å². The van der Waals surface area contributed by atoms with Crippen LogP contribution >= 0.6 is 0 Å². The summed E-state index contributed by atoms with van der Waals surface area (Å²) in [7, 11) is 0. The van der Waals surface area contributed by atoms with Gasteiger partial charge in [0.1, 0.15) is 0 Å². The van der Waals surface area contributed by atoms with Gasteiger partial charge in [0, 0.05) is 51.0 Å². The van der Waals surface area contributed by atoms with Crippen molar-refractivity contribution in [2.24, 2.45) is 4.99 Å². The Kier molecular flexibility index (Phi) is 6.48. The lowest BCUT2D eigenvalue weighted by Gasteiger charge is -2.12. The van der Waals surface area contributed by atoms with Crippen molar-refractivity contribution in [3.8, 4) is 0 Å². The van der Waals surface area contributed by atoms with E-state index < -0.39 is 0 Å². The largest absolute Gasteiger partial charge is 0.357 e. The van der Waals surface area contributed by atoms with Crippen molar-refractivity contribution in [3.05, 3.63) is 54.1 Å². The van der Waals surface area contributed by atoms with Gasteiger partial charge in [-0.25, -0.2) is 0 Å². The Bertz CT molecular complexity index is 574. The summed E-state index contributed by atoms with van der Waals surface area (Å²) in [6.07, 6.45) is 8.81. The lowest BCUT2D eigenvalue weighted by Crippen LogP contribution is -2.39. The number of hydrogen-bond donors (Lipinski definition) is 2. The van der Waals surface area contributed by atoms with E-state index in [0.717, 1.165) is 38.6 Å². The number of nitrogens with zero attached hydrogens (tertiary/aromatic N) is 3. The molecule has 0 amide bonds. The Morgan fingerprint density at radius 3 is 2.82 bits per heavy atom. The number of aliphatic imine (C=N–C) groups is 1. The molecule has 5 heteroatoms. The van der Waals surface area contributed by atoms with E-state index in [4.69, 9.17) is 0 Å². The van der Waals surface area contributed by atoms with Crippen molar-refractivity contribution < 1.29 is 0 Å². The quantitative estimate of drug-likeness (QED) is 0.607. The van der Waals surface area contributed by atoms with Crippen LogP contribution in [0.2, 0.25) is 0 Å². The highest BCUT2D eigenvalue weighted by atomic mass is 15.2. The van der Waals surface area contributed by atoms with E-state index in [0.29, 0.717) is 0 Å². The minimum absolute atomic E-state index is 0.768. The van der Waals surface area contributed by atoms with Crippen molar-refractivity contribution in [1.82, 2.24) is 20.2 Å². The number of aryl methyl sites for hydroxylation is 1. The summed E-state index contributed by atoms with van der Waals surface area (Å²) in [6.45, 7) is 7.59. The summed E-state index contributed by atoms with van der Waals surface area (Å²) in [5, 5.41) is 6.65. The number of rotatable bonds is 7. The van der Waals surface area contributed by atoms with Crippen molar-refractivity contribution in [2.75, 3.05) is 19.6 Å². The van der Waals surface area contributed by atoms with E-state index in [9.17, 15) is 0 Å². The van der Waals surface area contributed by atoms with Gasteiger partial charge in [0.15, 0.2) is 5.96 Å². The van der Waals surface area contributed by atoms with Gasteiger partial charge in [0.2, 0.25) is 0 Å². The second kappa shape index (κ2) is 8.87. The SMILES string of the molecule is CCNC(=NCCc1ccncc1C)NCCn1cccc1. The van der Waals surface area contributed by atoms with E-state index in [-0.39, 0.29) is 0 Å². The fraction of sp³-hybridized carbons (Fsp3) is 0.412. The standard InChI is InChI=1S/C17H25N5/c1-3-19-17(21-10-13-22-11-4-5-12-22)20-9-7-16-6-8-18-14-15(16)2/h4-6,8,11-12,14H,3,7,9-10,13H2,1-2H3,(H2,19,20,21). The minimum Gasteiger partial charge on any atom is -0.357 e. The predicted octanol–water partition coefficient (Wildman–Crippen LogP) is 1.99. The lowest BCUT2D eigenvalue weighted by molar-refractivity contribution is 0.665. The Balaban J connectivity index is 1.80. The van der Waals surface area contributed by atoms with Gasteiger partial charge in [-0.15, -0.1) is 0 Å². The fourth-order valence-corrected chi connectivity index (χ4v) is 2.24. The zero-order valence-corrected chi connectivity index (χ0v) is 13.4. The Hall–Kier alpha value is -2.30. The third kappa shape index (κ3) is 5.24. The molecule has 2 aromatic rings. The first kappa shape index (κ1) is 16.1. The van der Waals surface area contributed by atoms with Gasteiger partial charge in [-0.3, -0.25) is 9.98 Å². The summed E-state index contributed by atoms with van der Waals surface area (Å²) >= 11 is 0. The predicted molar refractivity (Wildman–Crippen MR) is 91.1 cm³/mol. The van der Waals surface area contributed by atoms with Gasteiger partial charge in [-0.2, -0.15) is 0 Å². The molecule has 2 heterocycles. The van der Waals surface area contributed by atoms with Crippen LogP contribution in [0.25, 0.3) is 0 Å². The fourth-order valence-electron chi connectivity index (χ4n) is 2.24. The molecule has 118 valence electrons. The van der Waals surface area contributed by atoms with Gasteiger partial charge in [-0.05, 0) is 49.6 Å². The molecule has 0 aliphatic carbocycles. The molecule has 0 saturated heterocycles. The highest BCUT2D eigenvalue weighted by molar-refractivity contribution is 5.79. The smallest absolute Gasteiger partial charge is 0.191 e. The van der Waals surface area contributed by atoms with Crippen LogP contribution in [-0.2, 0) is 13.0 Å². The molecule has 0 radical (unpaired) electrons. The maximum Gasteiger partial charge on any atom is 0.191 e. The lowest BCUT2D eigenvalue weighted by atomic mass is 10.1. The molecule has 5 nitrogen and oxygen atoms in total. The molecule has 2 aromatic heterocycles. The monoisotopic (exact) mass is 299 g/mol. The molecular weight excluding hydrogens is 274 g/mol. The van der Waals surface area contributed by atoms with Crippen LogP contribution in [0.1, 0.15) is 18.1 Å². The molecule has 2 rings (SSSR count). The number of guanidine groups is 1. The Morgan fingerprint density at radius 2 is 2.09 bits per heavy atom. The zero-order valence-electron chi connectivity index (χ0n) is 13.4. The molecule has 0 atom stereocenters. The number of nitrogens with one attached hydrogen (secondary N) is 2. The summed E-state index contributed by atoms with van der Waals surface area (Å²) < 4.78 is 2.15. The molecule has 22 heavy (non-hydrogen) atoms. The molecule has 0 aliphatic rings. The third-order valence-corrected chi connectivity index (χ3v) is 3.46. The molecule has 0 aromatic carbocycles. The zero-order chi connectivity index (χ0) is 15.6. The van der Waals surface area contributed by atoms with Gasteiger partial charge >= 0.3 is 0 Å². The third-order valence-electron chi connectivity index (χ3n) is 3.46. The van der Waals surface area contributed by atoms with E-state index in [2.05, 4.69) is 57.5 Å². The second-order valence-electron chi connectivity index (χ2n) is 5.16. The van der Waals surface area contributed by atoms with Crippen LogP contribution in [0.5, 0.6) is 0 Å². The summed E-state index contributed by atoms with van der Waals surface area (Å²) in [6, 6.07) is 6.14. The van der Waals surface area contributed by atoms with Crippen LogP contribution in [-0.4, -0.2) is 35.1 Å². The molecule has 0 bridgehead atoms. The van der Waals surface area contributed by atoms with Crippen LogP contribution in [0.15, 0.2) is 48.0 Å². The van der Waals surface area contributed by atoms with Gasteiger partial charge in [0.25, 0.3) is 0 Å². The van der Waals surface area contributed by atoms with E-state index in [1.54, 1.807) is 0 Å². The van der Waals surface area contributed by atoms with Crippen LogP contribution in [0.4, 0.5) is 0 Å². The second-order valence-corrected chi connectivity index (χ2v) is 5.16. The summed E-state index contributed by atoms with van der Waals surface area (Å²) in [5.74, 6) is 0.876. The Labute approximate surface area is 132 Å². The minimum atomic E-state index is 0.768. The molecule has 0 fully saturated rings. The van der Waals surface area contributed by atoms with E-state index in [1.165, 1.54) is 11.1 Å². The van der Waals surface area contributed by atoms with E-state index >= 15 is 0 Å². The molecule has 0 aliphatic heterocycles. The maximum atomic E-state index is 4.63. The molecule has 0 spiro atoms. The number of hydrogen-bond acceptors (Lipinski definition) is 2. The van der Waals surface area contributed by atoms with Crippen molar-refractivity contribution in [3.63, 3.8) is 0 Å². The number of aromatic nitrogens is 2. The molecule has 0 saturated carbocycles. The first-order valence-electron chi connectivity index (χ1n) is 7.82. The van der Waals surface area contributed by atoms with Gasteiger partial charge < -0.3 is 15.2 Å². The van der Waals surface area contributed by atoms with Crippen LogP contribution in [0.3, 0.4) is 0 Å². The Morgan fingerprint density at radius 1 is 1.27 bits per heavy atom. The van der Waals surface area contributed by atoms with Gasteiger partial charge in [0.05, 0.1) is 0 Å². The summed E-state index contributed by atoms with van der Waals surface area (Å²) in [5.41, 5.74) is 2.53. The molecular formula is C17H25N5. The normalized spacial score (nSPS) is 11.5. The van der Waals surface area contributed by atoms with Crippen molar-refractivity contribution >= 4 is 5.96 Å². The van der Waals surface area contributed by atoms with Crippen LogP contribution < -0.4 is 10.6 Å². The highest BCUT2D eigenvalue weighted by Gasteiger charge is 1.99. The maximum absolute atomic E-state index is 4.63. The first-order chi connectivity index (χ1) is 10.8. The average Bonchev–Trinajstić information content (AvgIpc) is 3.02. The molecule has 0 unspecified atom stereocenters. The summed E-state index contributed by atoms with van der Waals surface area (Å²) in [4.78, 5) is 8.75. The molecule has 2 N–H and O–H groups in total. The average molecular weight is 299 g/mol. The van der Waals surface area contributed by atoms with Crippen LogP contribution in [0, 0.1) is 6.92 Å². The van der Waals surface area contributed by atoms with Gasteiger partial charge in [-0.1, -0.05) is 0 Å². The highest BCUT2D eigenvalue weighted by Crippen LogP contribution is 2.05. The van der Waals surface area contributed by atoms with E-state index in [1.807, 2.05) is 24.5 Å². The first-order valence-corrected chi connectivity index (χ1v) is 7.82. The van der Waals surface area contributed by atoms with Crippen molar-refractivity contribution in [1.29, 1.82) is 0 Å².